The standard InChI is InChI=1S/C17H16BrNO/c18-15-9-3-1-7-14(15)12-17(20)19-11-5-8-13-6-2-4-10-16(13)19/h1-4,6-7,9-10H,5,8,11-12H2. The maximum atomic E-state index is 12.6. The fourth-order valence-corrected chi connectivity index (χ4v) is 3.12. The van der Waals surface area contributed by atoms with E-state index in [9.17, 15) is 4.79 Å². The predicted molar refractivity (Wildman–Crippen MR) is 85.0 cm³/mol. The third kappa shape index (κ3) is 2.63. The van der Waals surface area contributed by atoms with Gasteiger partial charge in [0, 0.05) is 16.7 Å². The van der Waals surface area contributed by atoms with Gasteiger partial charge >= 0.3 is 0 Å². The van der Waals surface area contributed by atoms with Crippen molar-refractivity contribution in [1.29, 1.82) is 0 Å². The van der Waals surface area contributed by atoms with Crippen molar-refractivity contribution in [3.8, 4) is 0 Å². The molecule has 0 N–H and O–H groups in total. The van der Waals surface area contributed by atoms with Gasteiger partial charge in [-0.05, 0) is 36.1 Å². The molecule has 0 spiro atoms. The van der Waals surface area contributed by atoms with Gasteiger partial charge < -0.3 is 4.90 Å². The van der Waals surface area contributed by atoms with Crippen LogP contribution in [0.1, 0.15) is 17.5 Å². The molecule has 1 aliphatic heterocycles. The van der Waals surface area contributed by atoms with Gasteiger partial charge in [0.1, 0.15) is 0 Å². The molecule has 3 heteroatoms. The van der Waals surface area contributed by atoms with Crippen LogP contribution >= 0.6 is 15.9 Å². The van der Waals surface area contributed by atoms with E-state index < -0.39 is 0 Å². The smallest absolute Gasteiger partial charge is 0.231 e. The maximum Gasteiger partial charge on any atom is 0.231 e. The number of hydrogen-bond acceptors (Lipinski definition) is 1. The Balaban J connectivity index is 1.84. The Morgan fingerprint density at radius 2 is 1.85 bits per heavy atom. The van der Waals surface area contributed by atoms with Crippen LogP contribution in [0.5, 0.6) is 0 Å². The fraction of sp³-hybridized carbons (Fsp3) is 0.235. The quantitative estimate of drug-likeness (QED) is 0.816. The van der Waals surface area contributed by atoms with Crippen molar-refractivity contribution in [2.24, 2.45) is 0 Å². The number of benzene rings is 2. The lowest BCUT2D eigenvalue weighted by Gasteiger charge is -2.29. The summed E-state index contributed by atoms with van der Waals surface area (Å²) in [5, 5.41) is 0. The molecule has 1 heterocycles. The van der Waals surface area contributed by atoms with E-state index in [1.807, 2.05) is 47.4 Å². The zero-order chi connectivity index (χ0) is 13.9. The molecule has 0 atom stereocenters. The number of hydrogen-bond donors (Lipinski definition) is 0. The molecular weight excluding hydrogens is 314 g/mol. The first-order valence-corrected chi connectivity index (χ1v) is 7.66. The Bertz CT molecular complexity index is 638. The highest BCUT2D eigenvalue weighted by molar-refractivity contribution is 9.10. The first-order valence-electron chi connectivity index (χ1n) is 6.87. The van der Waals surface area contributed by atoms with Gasteiger partial charge in [0.25, 0.3) is 0 Å². The number of amides is 1. The van der Waals surface area contributed by atoms with E-state index in [0.717, 1.165) is 35.1 Å². The molecule has 0 saturated carbocycles. The number of rotatable bonds is 2. The molecule has 0 radical (unpaired) electrons. The van der Waals surface area contributed by atoms with Gasteiger partial charge in [-0.15, -0.1) is 0 Å². The Labute approximate surface area is 127 Å². The molecule has 0 aromatic heterocycles. The summed E-state index contributed by atoms with van der Waals surface area (Å²) in [7, 11) is 0. The third-order valence-electron chi connectivity index (χ3n) is 3.71. The highest BCUT2D eigenvalue weighted by Gasteiger charge is 2.22. The average Bonchev–Trinajstić information content (AvgIpc) is 2.49. The van der Waals surface area contributed by atoms with Gasteiger partial charge in [-0.25, -0.2) is 0 Å². The van der Waals surface area contributed by atoms with Gasteiger partial charge in [0.15, 0.2) is 0 Å². The van der Waals surface area contributed by atoms with Crippen LogP contribution in [0, 0.1) is 0 Å². The van der Waals surface area contributed by atoms with Crippen molar-refractivity contribution in [3.05, 3.63) is 64.1 Å². The van der Waals surface area contributed by atoms with Crippen molar-refractivity contribution < 1.29 is 4.79 Å². The number of nitrogens with zero attached hydrogens (tertiary/aromatic N) is 1. The molecular formula is C17H16BrNO. The first-order chi connectivity index (χ1) is 9.75. The van der Waals surface area contributed by atoms with Crippen LogP contribution in [0.3, 0.4) is 0 Å². The summed E-state index contributed by atoms with van der Waals surface area (Å²) in [6.07, 6.45) is 2.55. The largest absolute Gasteiger partial charge is 0.312 e. The summed E-state index contributed by atoms with van der Waals surface area (Å²) < 4.78 is 0.999. The molecule has 0 aliphatic carbocycles. The zero-order valence-corrected chi connectivity index (χ0v) is 12.8. The number of aryl methyl sites for hydroxylation is 1. The highest BCUT2D eigenvalue weighted by atomic mass is 79.9. The fourth-order valence-electron chi connectivity index (χ4n) is 2.69. The molecule has 102 valence electrons. The molecule has 0 bridgehead atoms. The third-order valence-corrected chi connectivity index (χ3v) is 4.48. The van der Waals surface area contributed by atoms with Crippen molar-refractivity contribution in [1.82, 2.24) is 0 Å². The average molecular weight is 330 g/mol. The van der Waals surface area contributed by atoms with Gasteiger partial charge in [-0.1, -0.05) is 52.3 Å². The SMILES string of the molecule is O=C(Cc1ccccc1Br)N1CCCc2ccccc21. The van der Waals surface area contributed by atoms with E-state index in [4.69, 9.17) is 0 Å². The second kappa shape index (κ2) is 5.80. The van der Waals surface area contributed by atoms with Crippen molar-refractivity contribution in [3.63, 3.8) is 0 Å². The molecule has 2 aromatic rings. The van der Waals surface area contributed by atoms with Gasteiger partial charge in [-0.3, -0.25) is 4.79 Å². The van der Waals surface area contributed by atoms with Crippen LogP contribution in [0.2, 0.25) is 0 Å². The van der Waals surface area contributed by atoms with E-state index in [1.165, 1.54) is 5.56 Å². The lowest BCUT2D eigenvalue weighted by atomic mass is 10.0. The molecule has 0 saturated heterocycles. The summed E-state index contributed by atoms with van der Waals surface area (Å²) in [6, 6.07) is 16.1. The molecule has 20 heavy (non-hydrogen) atoms. The predicted octanol–water partition coefficient (Wildman–Crippen LogP) is 3.97. The minimum Gasteiger partial charge on any atom is -0.312 e. The van der Waals surface area contributed by atoms with Crippen molar-refractivity contribution in [2.45, 2.75) is 19.3 Å². The zero-order valence-electron chi connectivity index (χ0n) is 11.2. The maximum absolute atomic E-state index is 12.6. The molecule has 3 rings (SSSR count). The molecule has 2 nitrogen and oxygen atoms in total. The number of para-hydroxylation sites is 1. The normalized spacial score (nSPS) is 13.9. The van der Waals surface area contributed by atoms with E-state index in [1.54, 1.807) is 0 Å². The number of anilines is 1. The van der Waals surface area contributed by atoms with Crippen LogP contribution < -0.4 is 4.90 Å². The Kier molecular flexibility index (Phi) is 3.88. The minimum absolute atomic E-state index is 0.170. The Hall–Kier alpha value is -1.61. The molecule has 2 aromatic carbocycles. The van der Waals surface area contributed by atoms with Crippen molar-refractivity contribution in [2.75, 3.05) is 11.4 Å². The van der Waals surface area contributed by atoms with Crippen LogP contribution in [-0.2, 0) is 17.6 Å². The van der Waals surface area contributed by atoms with Crippen molar-refractivity contribution >= 4 is 27.5 Å². The molecule has 0 unspecified atom stereocenters. The summed E-state index contributed by atoms with van der Waals surface area (Å²) in [5.41, 5.74) is 3.40. The number of carbonyl (C=O) groups is 1. The summed E-state index contributed by atoms with van der Waals surface area (Å²) >= 11 is 3.51. The number of fused-ring (bicyclic) bond motifs is 1. The number of halogens is 1. The van der Waals surface area contributed by atoms with Crippen LogP contribution in [-0.4, -0.2) is 12.5 Å². The topological polar surface area (TPSA) is 20.3 Å². The Morgan fingerprint density at radius 1 is 1.10 bits per heavy atom. The van der Waals surface area contributed by atoms with Gasteiger partial charge in [-0.2, -0.15) is 0 Å². The van der Waals surface area contributed by atoms with Crippen LogP contribution in [0.15, 0.2) is 53.0 Å². The summed E-state index contributed by atoms with van der Waals surface area (Å²) in [4.78, 5) is 14.5. The Morgan fingerprint density at radius 3 is 2.70 bits per heavy atom. The number of carbonyl (C=O) groups excluding carboxylic acids is 1. The van der Waals surface area contributed by atoms with Crippen LogP contribution in [0.25, 0.3) is 0 Å². The van der Waals surface area contributed by atoms with Gasteiger partial charge in [0.05, 0.1) is 6.42 Å². The van der Waals surface area contributed by atoms with E-state index in [-0.39, 0.29) is 5.91 Å². The lowest BCUT2D eigenvalue weighted by molar-refractivity contribution is -0.118. The molecule has 1 aliphatic rings. The highest BCUT2D eigenvalue weighted by Crippen LogP contribution is 2.27. The molecule has 1 amide bonds. The van der Waals surface area contributed by atoms with Gasteiger partial charge in [0.2, 0.25) is 5.91 Å². The second-order valence-electron chi connectivity index (χ2n) is 5.05. The second-order valence-corrected chi connectivity index (χ2v) is 5.90. The summed E-state index contributed by atoms with van der Waals surface area (Å²) in [5.74, 6) is 0.170. The monoisotopic (exact) mass is 329 g/mol. The minimum atomic E-state index is 0.170. The van der Waals surface area contributed by atoms with Crippen LogP contribution in [0.4, 0.5) is 5.69 Å². The molecule has 0 fully saturated rings. The van der Waals surface area contributed by atoms with E-state index in [2.05, 4.69) is 22.0 Å². The lowest BCUT2D eigenvalue weighted by Crippen LogP contribution is -2.36. The van der Waals surface area contributed by atoms with E-state index >= 15 is 0 Å². The summed E-state index contributed by atoms with van der Waals surface area (Å²) in [6.45, 7) is 0.820. The first kappa shape index (κ1) is 13.4. The van der Waals surface area contributed by atoms with E-state index in [0.29, 0.717) is 6.42 Å².